The molecule has 0 atom stereocenters. The van der Waals surface area contributed by atoms with Crippen LogP contribution in [0.3, 0.4) is 0 Å². The lowest BCUT2D eigenvalue weighted by atomic mass is 10.2. The predicted octanol–water partition coefficient (Wildman–Crippen LogP) is 3.15. The number of aromatic nitrogens is 6. The summed E-state index contributed by atoms with van der Waals surface area (Å²) in [6.07, 6.45) is 1.05. The van der Waals surface area contributed by atoms with E-state index in [1.165, 1.54) is 0 Å². The van der Waals surface area contributed by atoms with Gasteiger partial charge in [0, 0.05) is 12.1 Å². The van der Waals surface area contributed by atoms with Gasteiger partial charge < -0.3 is 4.57 Å². The number of tetrazole rings is 1. The summed E-state index contributed by atoms with van der Waals surface area (Å²) in [6.45, 7) is 3.65. The molecule has 2 heterocycles. The predicted molar refractivity (Wildman–Crippen MR) is 92.4 cm³/mol. The molecule has 120 valence electrons. The first kappa shape index (κ1) is 14.6. The molecule has 6 heteroatoms. The van der Waals surface area contributed by atoms with Crippen molar-refractivity contribution in [2.75, 3.05) is 0 Å². The van der Waals surface area contributed by atoms with Crippen LogP contribution in [-0.4, -0.2) is 29.8 Å². The van der Waals surface area contributed by atoms with Crippen LogP contribution in [0.4, 0.5) is 0 Å². The summed E-state index contributed by atoms with van der Waals surface area (Å²) in [6, 6.07) is 18.2. The van der Waals surface area contributed by atoms with Crippen LogP contribution in [0.5, 0.6) is 0 Å². The quantitative estimate of drug-likeness (QED) is 0.567. The molecule has 0 aliphatic heterocycles. The van der Waals surface area contributed by atoms with Gasteiger partial charge in [0.15, 0.2) is 5.82 Å². The fourth-order valence-corrected chi connectivity index (χ4v) is 2.96. The van der Waals surface area contributed by atoms with Crippen molar-refractivity contribution in [3.8, 4) is 11.4 Å². The van der Waals surface area contributed by atoms with Crippen molar-refractivity contribution in [1.29, 1.82) is 0 Å². The van der Waals surface area contributed by atoms with Crippen molar-refractivity contribution >= 4 is 11.0 Å². The van der Waals surface area contributed by atoms with E-state index in [1.807, 2.05) is 53.2 Å². The molecule has 0 saturated carbocycles. The summed E-state index contributed by atoms with van der Waals surface area (Å²) in [5.41, 5.74) is 3.17. The molecule has 24 heavy (non-hydrogen) atoms. The summed E-state index contributed by atoms with van der Waals surface area (Å²) in [4.78, 5) is 4.79. The van der Waals surface area contributed by atoms with Crippen molar-refractivity contribution < 1.29 is 0 Å². The van der Waals surface area contributed by atoms with Crippen molar-refractivity contribution in [2.24, 2.45) is 0 Å². The molecule has 4 aromatic rings. The monoisotopic (exact) mass is 318 g/mol. The summed E-state index contributed by atoms with van der Waals surface area (Å²) in [5.74, 6) is 1.73. The van der Waals surface area contributed by atoms with Gasteiger partial charge in [0.25, 0.3) is 0 Å². The third-order valence-electron chi connectivity index (χ3n) is 4.04. The number of rotatable bonds is 5. The van der Waals surface area contributed by atoms with E-state index in [-0.39, 0.29) is 0 Å². The topological polar surface area (TPSA) is 61.4 Å². The Morgan fingerprint density at radius 1 is 0.958 bits per heavy atom. The van der Waals surface area contributed by atoms with E-state index in [2.05, 4.69) is 33.1 Å². The minimum Gasteiger partial charge on any atom is -0.326 e. The smallest absolute Gasteiger partial charge is 0.182 e. The highest BCUT2D eigenvalue weighted by Crippen LogP contribution is 2.20. The van der Waals surface area contributed by atoms with E-state index in [9.17, 15) is 0 Å². The Bertz CT molecular complexity index is 954. The molecule has 0 aliphatic rings. The lowest BCUT2D eigenvalue weighted by Gasteiger charge is -2.08. The van der Waals surface area contributed by atoms with Crippen LogP contribution in [0.1, 0.15) is 19.2 Å². The molecule has 0 spiro atoms. The minimum absolute atomic E-state index is 0.548. The molecule has 2 aromatic heterocycles. The van der Waals surface area contributed by atoms with Gasteiger partial charge >= 0.3 is 0 Å². The van der Waals surface area contributed by atoms with Gasteiger partial charge in [-0.05, 0) is 29.0 Å². The van der Waals surface area contributed by atoms with Crippen LogP contribution >= 0.6 is 0 Å². The second kappa shape index (κ2) is 6.23. The largest absolute Gasteiger partial charge is 0.326 e. The molecule has 0 N–H and O–H groups in total. The van der Waals surface area contributed by atoms with Gasteiger partial charge in [-0.3, -0.25) is 0 Å². The maximum Gasteiger partial charge on any atom is 0.182 e. The number of hydrogen-bond acceptors (Lipinski definition) is 4. The van der Waals surface area contributed by atoms with Crippen LogP contribution in [0.25, 0.3) is 22.4 Å². The van der Waals surface area contributed by atoms with Gasteiger partial charge in [0.05, 0.1) is 11.0 Å². The van der Waals surface area contributed by atoms with Gasteiger partial charge in [-0.15, -0.1) is 5.10 Å². The molecule has 0 aliphatic carbocycles. The molecular formula is C18H18N6. The second-order valence-electron chi connectivity index (χ2n) is 5.69. The summed E-state index contributed by atoms with van der Waals surface area (Å²) in [5, 5.41) is 12.2. The standard InChI is InChI=1S/C18H18N6/c1-2-12-23-16-11-7-6-10-15(16)19-17(23)13-24-18(20-21-22-24)14-8-4-3-5-9-14/h3-11H,2,12-13H2,1H3. The van der Waals surface area contributed by atoms with E-state index in [4.69, 9.17) is 4.98 Å². The van der Waals surface area contributed by atoms with Crippen molar-refractivity contribution in [3.63, 3.8) is 0 Å². The Balaban J connectivity index is 1.76. The lowest BCUT2D eigenvalue weighted by Crippen LogP contribution is -2.11. The molecule has 0 bridgehead atoms. The van der Waals surface area contributed by atoms with E-state index in [1.54, 1.807) is 0 Å². The van der Waals surface area contributed by atoms with Crippen LogP contribution in [0, 0.1) is 0 Å². The molecule has 0 saturated heterocycles. The summed E-state index contributed by atoms with van der Waals surface area (Å²) in [7, 11) is 0. The molecular weight excluding hydrogens is 300 g/mol. The Hall–Kier alpha value is -3.02. The van der Waals surface area contributed by atoms with Crippen LogP contribution in [0.2, 0.25) is 0 Å². The van der Waals surface area contributed by atoms with Crippen LogP contribution < -0.4 is 0 Å². The van der Waals surface area contributed by atoms with Crippen molar-refractivity contribution in [1.82, 2.24) is 29.8 Å². The van der Waals surface area contributed by atoms with Crippen molar-refractivity contribution in [2.45, 2.75) is 26.4 Å². The molecule has 0 fully saturated rings. The number of nitrogens with zero attached hydrogens (tertiary/aromatic N) is 6. The molecule has 4 rings (SSSR count). The van der Waals surface area contributed by atoms with E-state index < -0.39 is 0 Å². The zero-order valence-electron chi connectivity index (χ0n) is 13.5. The average Bonchev–Trinajstić information content (AvgIpc) is 3.22. The highest BCUT2D eigenvalue weighted by Gasteiger charge is 2.14. The molecule has 2 aromatic carbocycles. The highest BCUT2D eigenvalue weighted by molar-refractivity contribution is 5.75. The van der Waals surface area contributed by atoms with Gasteiger partial charge in [-0.1, -0.05) is 49.4 Å². The van der Waals surface area contributed by atoms with E-state index in [0.717, 1.165) is 41.2 Å². The summed E-state index contributed by atoms with van der Waals surface area (Å²) < 4.78 is 4.06. The maximum absolute atomic E-state index is 4.79. The number of imidazole rings is 1. The molecule has 0 unspecified atom stereocenters. The first-order valence-corrected chi connectivity index (χ1v) is 8.12. The van der Waals surface area contributed by atoms with Gasteiger partial charge in [0.2, 0.25) is 0 Å². The van der Waals surface area contributed by atoms with Gasteiger partial charge in [-0.2, -0.15) is 0 Å². The Morgan fingerprint density at radius 2 is 1.75 bits per heavy atom. The Kier molecular flexibility index (Phi) is 3.78. The Labute approximate surface area is 139 Å². The third-order valence-corrected chi connectivity index (χ3v) is 4.04. The van der Waals surface area contributed by atoms with Gasteiger partial charge in [0.1, 0.15) is 12.4 Å². The van der Waals surface area contributed by atoms with E-state index >= 15 is 0 Å². The van der Waals surface area contributed by atoms with E-state index in [0.29, 0.717) is 6.54 Å². The fourth-order valence-electron chi connectivity index (χ4n) is 2.96. The minimum atomic E-state index is 0.548. The first-order valence-electron chi connectivity index (χ1n) is 8.12. The Morgan fingerprint density at radius 3 is 2.58 bits per heavy atom. The van der Waals surface area contributed by atoms with Gasteiger partial charge in [-0.25, -0.2) is 9.67 Å². The first-order chi connectivity index (χ1) is 11.9. The molecule has 0 radical (unpaired) electrons. The molecule has 0 amide bonds. The fraction of sp³-hybridized carbons (Fsp3) is 0.222. The average molecular weight is 318 g/mol. The number of aryl methyl sites for hydroxylation is 1. The SMILES string of the molecule is CCCn1c(Cn2nnnc2-c2ccccc2)nc2ccccc21. The number of fused-ring (bicyclic) bond motifs is 1. The normalized spacial score (nSPS) is 11.2. The molecule has 6 nitrogen and oxygen atoms in total. The van der Waals surface area contributed by atoms with Crippen LogP contribution in [0.15, 0.2) is 54.6 Å². The number of benzene rings is 2. The van der Waals surface area contributed by atoms with Crippen molar-refractivity contribution in [3.05, 3.63) is 60.4 Å². The lowest BCUT2D eigenvalue weighted by molar-refractivity contribution is 0.582. The van der Waals surface area contributed by atoms with Crippen LogP contribution in [-0.2, 0) is 13.1 Å². The summed E-state index contributed by atoms with van der Waals surface area (Å²) >= 11 is 0. The maximum atomic E-state index is 4.79. The third kappa shape index (κ3) is 2.56. The number of hydrogen-bond donors (Lipinski definition) is 0. The number of para-hydroxylation sites is 2. The zero-order chi connectivity index (χ0) is 16.4. The zero-order valence-corrected chi connectivity index (χ0v) is 13.5. The second-order valence-corrected chi connectivity index (χ2v) is 5.69. The highest BCUT2D eigenvalue weighted by atomic mass is 15.5.